The monoisotopic (exact) mass is 271 g/mol. The third kappa shape index (κ3) is 3.75. The first kappa shape index (κ1) is 13.9. The highest BCUT2D eigenvalue weighted by Gasteiger charge is 2.15. The van der Waals surface area contributed by atoms with Gasteiger partial charge in [0.15, 0.2) is 6.10 Å². The molecule has 0 saturated carbocycles. The number of ether oxygens (including phenoxy) is 1. The molecule has 0 aromatic heterocycles. The molecule has 1 atom stereocenters. The van der Waals surface area contributed by atoms with Crippen molar-refractivity contribution in [3.63, 3.8) is 0 Å². The fourth-order valence-corrected chi connectivity index (χ4v) is 1.77. The maximum absolute atomic E-state index is 12.0. The van der Waals surface area contributed by atoms with Crippen molar-refractivity contribution in [2.24, 2.45) is 0 Å². The highest BCUT2D eigenvalue weighted by Crippen LogP contribution is 2.17. The Morgan fingerprint density at radius 2 is 1.95 bits per heavy atom. The third-order valence-corrected chi connectivity index (χ3v) is 2.79. The van der Waals surface area contributed by atoms with E-state index in [4.69, 9.17) is 4.74 Å². The summed E-state index contributed by atoms with van der Waals surface area (Å²) in [6.07, 6.45) is -0.626. The topological polar surface area (TPSA) is 58.6 Å². The minimum atomic E-state index is -0.626. The van der Waals surface area contributed by atoms with Crippen LogP contribution in [0.2, 0.25) is 0 Å². The normalized spacial score (nSPS) is 11.7. The van der Waals surface area contributed by atoms with Crippen LogP contribution in [0.5, 0.6) is 11.5 Å². The van der Waals surface area contributed by atoms with Crippen LogP contribution in [0.15, 0.2) is 48.5 Å². The fraction of sp³-hybridized carbons (Fsp3) is 0.188. The molecule has 0 aliphatic carbocycles. The molecule has 0 saturated heterocycles. The van der Waals surface area contributed by atoms with Crippen molar-refractivity contribution >= 4 is 11.6 Å². The molecular weight excluding hydrogens is 254 g/mol. The van der Waals surface area contributed by atoms with Crippen molar-refractivity contribution in [3.8, 4) is 11.5 Å². The van der Waals surface area contributed by atoms with Crippen LogP contribution in [-0.2, 0) is 4.79 Å². The van der Waals surface area contributed by atoms with Crippen LogP contribution in [0, 0.1) is 6.92 Å². The van der Waals surface area contributed by atoms with E-state index in [2.05, 4.69) is 5.32 Å². The zero-order valence-corrected chi connectivity index (χ0v) is 11.5. The fourth-order valence-electron chi connectivity index (χ4n) is 1.77. The van der Waals surface area contributed by atoms with Gasteiger partial charge < -0.3 is 15.2 Å². The molecule has 0 aliphatic heterocycles. The lowest BCUT2D eigenvalue weighted by Gasteiger charge is -2.15. The summed E-state index contributed by atoms with van der Waals surface area (Å²) in [5.74, 6) is 0.496. The van der Waals surface area contributed by atoms with Crippen molar-refractivity contribution in [2.45, 2.75) is 20.0 Å². The number of hydrogen-bond acceptors (Lipinski definition) is 3. The summed E-state index contributed by atoms with van der Waals surface area (Å²) in [7, 11) is 0. The molecule has 0 aliphatic rings. The van der Waals surface area contributed by atoms with Crippen molar-refractivity contribution in [2.75, 3.05) is 5.32 Å². The van der Waals surface area contributed by atoms with E-state index >= 15 is 0 Å². The van der Waals surface area contributed by atoms with E-state index in [0.717, 1.165) is 5.56 Å². The molecule has 2 rings (SSSR count). The number of benzene rings is 2. The average molecular weight is 271 g/mol. The Labute approximate surface area is 118 Å². The van der Waals surface area contributed by atoms with Gasteiger partial charge in [0.1, 0.15) is 11.5 Å². The smallest absolute Gasteiger partial charge is 0.265 e. The molecule has 1 unspecified atom stereocenters. The summed E-state index contributed by atoms with van der Waals surface area (Å²) in [5.41, 5.74) is 1.61. The molecule has 104 valence electrons. The van der Waals surface area contributed by atoms with E-state index in [1.54, 1.807) is 25.1 Å². The van der Waals surface area contributed by atoms with Gasteiger partial charge in [-0.3, -0.25) is 4.79 Å². The number of phenolic OH excluding ortho intramolecular Hbond substituents is 1. The second kappa shape index (κ2) is 6.10. The highest BCUT2D eigenvalue weighted by atomic mass is 16.5. The molecule has 0 bridgehead atoms. The number of amides is 1. The summed E-state index contributed by atoms with van der Waals surface area (Å²) >= 11 is 0. The van der Waals surface area contributed by atoms with Gasteiger partial charge in [-0.25, -0.2) is 0 Å². The maximum Gasteiger partial charge on any atom is 0.265 e. The first-order valence-corrected chi connectivity index (χ1v) is 6.38. The van der Waals surface area contributed by atoms with E-state index in [-0.39, 0.29) is 11.7 Å². The van der Waals surface area contributed by atoms with Crippen molar-refractivity contribution in [1.29, 1.82) is 0 Å². The largest absolute Gasteiger partial charge is 0.508 e. The zero-order chi connectivity index (χ0) is 14.5. The first-order valence-electron chi connectivity index (χ1n) is 6.38. The van der Waals surface area contributed by atoms with E-state index in [1.807, 2.05) is 31.2 Å². The van der Waals surface area contributed by atoms with Gasteiger partial charge in [0.25, 0.3) is 5.91 Å². The van der Waals surface area contributed by atoms with E-state index < -0.39 is 6.10 Å². The number of carbonyl (C=O) groups excluding carboxylic acids is 1. The molecule has 4 nitrogen and oxygen atoms in total. The van der Waals surface area contributed by atoms with Crippen LogP contribution in [0.25, 0.3) is 0 Å². The van der Waals surface area contributed by atoms with Gasteiger partial charge in [0.05, 0.1) is 0 Å². The van der Waals surface area contributed by atoms with E-state index in [1.165, 1.54) is 6.07 Å². The van der Waals surface area contributed by atoms with Crippen molar-refractivity contribution < 1.29 is 14.6 Å². The Kier molecular flexibility index (Phi) is 4.25. The molecule has 0 heterocycles. The predicted molar refractivity (Wildman–Crippen MR) is 78.0 cm³/mol. The van der Waals surface area contributed by atoms with Gasteiger partial charge in [0, 0.05) is 11.8 Å². The number of phenols is 1. The second-order valence-electron chi connectivity index (χ2n) is 4.62. The van der Waals surface area contributed by atoms with Gasteiger partial charge in [-0.1, -0.05) is 18.2 Å². The Hall–Kier alpha value is -2.49. The highest BCUT2D eigenvalue weighted by molar-refractivity contribution is 5.94. The number of anilines is 1. The number of carbonyl (C=O) groups is 1. The molecule has 0 spiro atoms. The van der Waals surface area contributed by atoms with Crippen LogP contribution in [0.1, 0.15) is 12.5 Å². The van der Waals surface area contributed by atoms with Crippen LogP contribution >= 0.6 is 0 Å². The van der Waals surface area contributed by atoms with Gasteiger partial charge in [-0.05, 0) is 43.7 Å². The Morgan fingerprint density at radius 1 is 1.20 bits per heavy atom. The predicted octanol–water partition coefficient (Wildman–Crippen LogP) is 3.11. The van der Waals surface area contributed by atoms with Crippen LogP contribution in [0.4, 0.5) is 5.69 Å². The summed E-state index contributed by atoms with van der Waals surface area (Å²) < 4.78 is 5.58. The molecule has 0 radical (unpaired) electrons. The van der Waals surface area contributed by atoms with Gasteiger partial charge in [0.2, 0.25) is 0 Å². The summed E-state index contributed by atoms with van der Waals surface area (Å²) in [4.78, 5) is 12.0. The molecule has 4 heteroatoms. The lowest BCUT2D eigenvalue weighted by Crippen LogP contribution is -2.30. The zero-order valence-electron chi connectivity index (χ0n) is 11.5. The maximum atomic E-state index is 12.0. The molecular formula is C16H17NO3. The van der Waals surface area contributed by atoms with E-state index in [0.29, 0.717) is 11.4 Å². The van der Waals surface area contributed by atoms with Gasteiger partial charge >= 0.3 is 0 Å². The minimum Gasteiger partial charge on any atom is -0.508 e. The molecule has 2 aromatic rings. The molecule has 2 N–H and O–H groups in total. The van der Waals surface area contributed by atoms with Crippen molar-refractivity contribution in [1.82, 2.24) is 0 Å². The summed E-state index contributed by atoms with van der Waals surface area (Å²) in [5, 5.41) is 12.0. The summed E-state index contributed by atoms with van der Waals surface area (Å²) in [6.45, 7) is 3.64. The lowest BCUT2D eigenvalue weighted by molar-refractivity contribution is -0.122. The number of nitrogens with one attached hydrogen (secondary N) is 1. The molecule has 0 fully saturated rings. The quantitative estimate of drug-likeness (QED) is 0.898. The Morgan fingerprint density at radius 3 is 2.65 bits per heavy atom. The SMILES string of the molecule is Cc1cccc(OC(C)C(=O)Nc2cccc(O)c2)c1. The minimum absolute atomic E-state index is 0.107. The van der Waals surface area contributed by atoms with Crippen LogP contribution in [-0.4, -0.2) is 17.1 Å². The first-order chi connectivity index (χ1) is 9.54. The molecule has 20 heavy (non-hydrogen) atoms. The summed E-state index contributed by atoms with van der Waals surface area (Å²) in [6, 6.07) is 13.9. The molecule has 2 aromatic carbocycles. The van der Waals surface area contributed by atoms with Crippen LogP contribution < -0.4 is 10.1 Å². The third-order valence-electron chi connectivity index (χ3n) is 2.79. The van der Waals surface area contributed by atoms with Gasteiger partial charge in [-0.15, -0.1) is 0 Å². The molecule has 1 amide bonds. The second-order valence-corrected chi connectivity index (χ2v) is 4.62. The lowest BCUT2D eigenvalue weighted by atomic mass is 10.2. The number of aromatic hydroxyl groups is 1. The Bertz CT molecular complexity index is 610. The van der Waals surface area contributed by atoms with Crippen LogP contribution in [0.3, 0.4) is 0 Å². The average Bonchev–Trinajstić information content (AvgIpc) is 2.38. The standard InChI is InChI=1S/C16H17NO3/c1-11-5-3-8-15(9-11)20-12(2)16(19)17-13-6-4-7-14(18)10-13/h3-10,12,18H,1-2H3,(H,17,19). The van der Waals surface area contributed by atoms with Crippen molar-refractivity contribution in [3.05, 3.63) is 54.1 Å². The number of hydrogen-bond donors (Lipinski definition) is 2. The number of aryl methyl sites for hydroxylation is 1. The van der Waals surface area contributed by atoms with E-state index in [9.17, 15) is 9.90 Å². The number of rotatable bonds is 4. The van der Waals surface area contributed by atoms with Gasteiger partial charge in [-0.2, -0.15) is 0 Å². The Balaban J connectivity index is 1.98.